The van der Waals surface area contributed by atoms with Crippen LogP contribution in [0.5, 0.6) is 0 Å². The Morgan fingerprint density at radius 2 is 2.28 bits per heavy atom. The van der Waals surface area contributed by atoms with Crippen LogP contribution in [0.1, 0.15) is 6.92 Å². The molecule has 0 aliphatic heterocycles. The van der Waals surface area contributed by atoms with Gasteiger partial charge in [-0.3, -0.25) is 9.78 Å². The number of nitrogens with zero attached hydrogens (tertiary/aromatic N) is 1. The van der Waals surface area contributed by atoms with Crippen molar-refractivity contribution in [1.82, 2.24) is 4.98 Å². The predicted molar refractivity (Wildman–Crippen MR) is 73.6 cm³/mol. The highest BCUT2D eigenvalue weighted by molar-refractivity contribution is 6.35. The first-order valence-corrected chi connectivity index (χ1v) is 6.05. The quantitative estimate of drug-likeness (QED) is 0.894. The molecule has 94 valence electrons. The second-order valence-corrected chi connectivity index (χ2v) is 4.53. The molecule has 18 heavy (non-hydrogen) atoms. The molecule has 0 bridgehead atoms. The number of nitrogens with one attached hydrogen (secondary N) is 1. The minimum Gasteiger partial charge on any atom is -0.330 e. The van der Waals surface area contributed by atoms with Crippen LogP contribution >= 0.6 is 11.6 Å². The summed E-state index contributed by atoms with van der Waals surface area (Å²) in [5.41, 5.74) is 6.80. The van der Waals surface area contributed by atoms with Crippen molar-refractivity contribution < 1.29 is 4.79 Å². The van der Waals surface area contributed by atoms with E-state index in [1.165, 1.54) is 0 Å². The van der Waals surface area contributed by atoms with Gasteiger partial charge in [-0.15, -0.1) is 0 Å². The molecule has 1 aromatic carbocycles. The van der Waals surface area contributed by atoms with E-state index in [-0.39, 0.29) is 11.8 Å². The van der Waals surface area contributed by atoms with Crippen LogP contribution in [-0.4, -0.2) is 17.4 Å². The highest BCUT2D eigenvalue weighted by atomic mass is 35.5. The Labute approximate surface area is 110 Å². The molecular formula is C13H14ClN3O. The highest BCUT2D eigenvalue weighted by Gasteiger charge is 2.13. The van der Waals surface area contributed by atoms with Gasteiger partial charge in [-0.25, -0.2) is 0 Å². The molecule has 0 fully saturated rings. The zero-order valence-electron chi connectivity index (χ0n) is 9.98. The van der Waals surface area contributed by atoms with E-state index in [1.807, 2.05) is 12.1 Å². The number of fused-ring (bicyclic) bond motifs is 1. The van der Waals surface area contributed by atoms with Crippen molar-refractivity contribution in [2.75, 3.05) is 11.9 Å². The summed E-state index contributed by atoms with van der Waals surface area (Å²) in [6, 6.07) is 7.17. The van der Waals surface area contributed by atoms with Crippen molar-refractivity contribution >= 4 is 34.1 Å². The van der Waals surface area contributed by atoms with Crippen molar-refractivity contribution in [1.29, 1.82) is 0 Å². The van der Waals surface area contributed by atoms with Gasteiger partial charge in [0.2, 0.25) is 5.91 Å². The van der Waals surface area contributed by atoms with Crippen LogP contribution in [0.4, 0.5) is 5.69 Å². The van der Waals surface area contributed by atoms with E-state index in [0.29, 0.717) is 22.8 Å². The molecule has 0 aliphatic rings. The number of benzene rings is 1. The third kappa shape index (κ3) is 2.44. The SMILES string of the molecule is CC(CN)C(=O)Nc1ccc(Cl)c2cccnc12. The van der Waals surface area contributed by atoms with Crippen molar-refractivity contribution in [2.45, 2.75) is 6.92 Å². The van der Waals surface area contributed by atoms with Gasteiger partial charge < -0.3 is 11.1 Å². The summed E-state index contributed by atoms with van der Waals surface area (Å²) in [4.78, 5) is 16.1. The molecule has 0 aliphatic carbocycles. The lowest BCUT2D eigenvalue weighted by Gasteiger charge is -2.12. The van der Waals surface area contributed by atoms with Gasteiger partial charge in [0.15, 0.2) is 0 Å². The summed E-state index contributed by atoms with van der Waals surface area (Å²) in [5.74, 6) is -0.355. The first-order chi connectivity index (χ1) is 8.63. The Morgan fingerprint density at radius 3 is 3.00 bits per heavy atom. The van der Waals surface area contributed by atoms with Gasteiger partial charge >= 0.3 is 0 Å². The van der Waals surface area contributed by atoms with Gasteiger partial charge in [-0.2, -0.15) is 0 Å². The molecule has 0 saturated heterocycles. The number of hydrogen-bond acceptors (Lipinski definition) is 3. The van der Waals surface area contributed by atoms with Crippen LogP contribution in [0.2, 0.25) is 5.02 Å². The summed E-state index contributed by atoms with van der Waals surface area (Å²) >= 11 is 6.08. The molecule has 1 amide bonds. The van der Waals surface area contributed by atoms with Crippen molar-refractivity contribution in [3.8, 4) is 0 Å². The van der Waals surface area contributed by atoms with Crippen LogP contribution in [0, 0.1) is 5.92 Å². The van der Waals surface area contributed by atoms with Gasteiger partial charge in [0.25, 0.3) is 0 Å². The number of rotatable bonds is 3. The number of amides is 1. The molecule has 2 aromatic rings. The molecule has 1 heterocycles. The lowest BCUT2D eigenvalue weighted by molar-refractivity contribution is -0.119. The van der Waals surface area contributed by atoms with Gasteiger partial charge in [0.05, 0.1) is 16.2 Å². The molecule has 0 spiro atoms. The largest absolute Gasteiger partial charge is 0.330 e. The first-order valence-electron chi connectivity index (χ1n) is 5.67. The monoisotopic (exact) mass is 263 g/mol. The maximum atomic E-state index is 11.8. The zero-order chi connectivity index (χ0) is 13.1. The van der Waals surface area contributed by atoms with Gasteiger partial charge in [0, 0.05) is 24.0 Å². The van der Waals surface area contributed by atoms with E-state index < -0.39 is 0 Å². The number of nitrogens with two attached hydrogens (primary N) is 1. The Hall–Kier alpha value is -1.65. The fraction of sp³-hybridized carbons (Fsp3) is 0.231. The number of anilines is 1. The fourth-order valence-electron chi connectivity index (χ4n) is 1.60. The number of pyridine rings is 1. The number of hydrogen-bond donors (Lipinski definition) is 2. The fourth-order valence-corrected chi connectivity index (χ4v) is 1.82. The van der Waals surface area contributed by atoms with Crippen LogP contribution < -0.4 is 11.1 Å². The minimum absolute atomic E-state index is 0.119. The van der Waals surface area contributed by atoms with Gasteiger partial charge in [0.1, 0.15) is 0 Å². The maximum absolute atomic E-state index is 11.8. The molecule has 0 saturated carbocycles. The third-order valence-corrected chi connectivity index (χ3v) is 3.11. The lowest BCUT2D eigenvalue weighted by atomic mass is 10.1. The molecule has 1 unspecified atom stereocenters. The van der Waals surface area contributed by atoms with E-state index in [2.05, 4.69) is 10.3 Å². The normalized spacial score (nSPS) is 12.4. The Bertz CT molecular complexity index is 585. The Balaban J connectivity index is 2.40. The Morgan fingerprint density at radius 1 is 1.50 bits per heavy atom. The number of carbonyl (C=O) groups is 1. The van der Waals surface area contributed by atoms with Crippen molar-refractivity contribution in [3.05, 3.63) is 35.5 Å². The van der Waals surface area contributed by atoms with Crippen LogP contribution in [0.15, 0.2) is 30.5 Å². The standard InChI is InChI=1S/C13H14ClN3O/c1-8(7-15)13(18)17-11-5-4-10(14)9-3-2-6-16-12(9)11/h2-6,8H,7,15H2,1H3,(H,17,18). The molecule has 0 radical (unpaired) electrons. The minimum atomic E-state index is -0.237. The highest BCUT2D eigenvalue weighted by Crippen LogP contribution is 2.28. The van der Waals surface area contributed by atoms with Crippen LogP contribution in [0.3, 0.4) is 0 Å². The van der Waals surface area contributed by atoms with E-state index >= 15 is 0 Å². The van der Waals surface area contributed by atoms with Gasteiger partial charge in [-0.05, 0) is 24.3 Å². The lowest BCUT2D eigenvalue weighted by Crippen LogP contribution is -2.26. The number of carbonyl (C=O) groups excluding carboxylic acids is 1. The van der Waals surface area contributed by atoms with Gasteiger partial charge in [-0.1, -0.05) is 18.5 Å². The second kappa shape index (κ2) is 5.33. The molecule has 1 atom stereocenters. The predicted octanol–water partition coefficient (Wildman–Crippen LogP) is 2.42. The van der Waals surface area contributed by atoms with Crippen molar-refractivity contribution in [2.24, 2.45) is 11.7 Å². The third-order valence-electron chi connectivity index (χ3n) is 2.78. The first kappa shape index (κ1) is 12.8. The van der Waals surface area contributed by atoms with Crippen LogP contribution in [0.25, 0.3) is 10.9 Å². The zero-order valence-corrected chi connectivity index (χ0v) is 10.7. The molecule has 4 nitrogen and oxygen atoms in total. The van der Waals surface area contributed by atoms with E-state index in [4.69, 9.17) is 17.3 Å². The summed E-state index contributed by atoms with van der Waals surface area (Å²) in [6.45, 7) is 2.09. The number of aromatic nitrogens is 1. The summed E-state index contributed by atoms with van der Waals surface area (Å²) in [7, 11) is 0. The topological polar surface area (TPSA) is 68.0 Å². The second-order valence-electron chi connectivity index (χ2n) is 4.12. The summed E-state index contributed by atoms with van der Waals surface area (Å²) in [6.07, 6.45) is 1.67. The average molecular weight is 264 g/mol. The maximum Gasteiger partial charge on any atom is 0.228 e. The van der Waals surface area contributed by atoms with Crippen LogP contribution in [-0.2, 0) is 4.79 Å². The molecule has 5 heteroatoms. The average Bonchev–Trinajstić information content (AvgIpc) is 2.41. The van der Waals surface area contributed by atoms with E-state index in [9.17, 15) is 4.79 Å². The van der Waals surface area contributed by atoms with E-state index in [0.717, 1.165) is 5.39 Å². The molecular weight excluding hydrogens is 250 g/mol. The van der Waals surface area contributed by atoms with Crippen molar-refractivity contribution in [3.63, 3.8) is 0 Å². The summed E-state index contributed by atoms with van der Waals surface area (Å²) < 4.78 is 0. The molecule has 3 N–H and O–H groups in total. The molecule has 1 aromatic heterocycles. The smallest absolute Gasteiger partial charge is 0.228 e. The number of halogens is 1. The molecule has 2 rings (SSSR count). The van der Waals surface area contributed by atoms with E-state index in [1.54, 1.807) is 25.3 Å². The summed E-state index contributed by atoms with van der Waals surface area (Å²) in [5, 5.41) is 4.25. The Kier molecular flexibility index (Phi) is 3.79.